The number of carbonyl (C=O) groups is 2. The summed E-state index contributed by atoms with van der Waals surface area (Å²) in [5.74, 6) is -0.516. The lowest BCUT2D eigenvalue weighted by molar-refractivity contribution is 0.101. The van der Waals surface area contributed by atoms with Gasteiger partial charge in [-0.25, -0.2) is 0 Å². The second kappa shape index (κ2) is 10.4. The molecule has 0 aliphatic carbocycles. The Kier molecular flexibility index (Phi) is 7.33. The maximum atomic E-state index is 12.9. The number of nitrogens with zero attached hydrogens (tertiary/aromatic N) is 2. The Morgan fingerprint density at radius 3 is 2.45 bits per heavy atom. The molecule has 0 unspecified atom stereocenters. The number of benzene rings is 2. The average Bonchev–Trinajstić information content (AvgIpc) is 3.36. The lowest BCUT2D eigenvalue weighted by Crippen LogP contribution is -2.46. The van der Waals surface area contributed by atoms with Crippen molar-refractivity contribution in [3.63, 3.8) is 0 Å². The van der Waals surface area contributed by atoms with E-state index in [-0.39, 0.29) is 11.8 Å². The SMILES string of the molecule is CCN1CCN(c2ccc(NC(=O)c3ccc(Cl)c(NC(=O)c4cccs4)c3)cc2C)CC1. The fourth-order valence-electron chi connectivity index (χ4n) is 3.95. The number of aryl methyl sites for hydroxylation is 1. The van der Waals surface area contributed by atoms with E-state index in [4.69, 9.17) is 11.6 Å². The first kappa shape index (κ1) is 23.3. The van der Waals surface area contributed by atoms with Crippen molar-refractivity contribution in [3.8, 4) is 0 Å². The summed E-state index contributed by atoms with van der Waals surface area (Å²) in [6.07, 6.45) is 0. The van der Waals surface area contributed by atoms with Crippen molar-refractivity contribution < 1.29 is 9.59 Å². The molecule has 1 aliphatic rings. The molecule has 4 rings (SSSR count). The third-order valence-corrected chi connectivity index (χ3v) is 7.03. The zero-order valence-electron chi connectivity index (χ0n) is 18.7. The Morgan fingerprint density at radius 1 is 1.00 bits per heavy atom. The number of carbonyl (C=O) groups excluding carboxylic acids is 2. The molecule has 2 amide bonds. The second-order valence-corrected chi connectivity index (χ2v) is 9.36. The Balaban J connectivity index is 1.44. The van der Waals surface area contributed by atoms with Crippen LogP contribution in [-0.2, 0) is 0 Å². The molecule has 2 aromatic carbocycles. The molecule has 1 aromatic heterocycles. The third-order valence-electron chi connectivity index (χ3n) is 5.84. The Morgan fingerprint density at radius 2 is 1.79 bits per heavy atom. The highest BCUT2D eigenvalue weighted by atomic mass is 35.5. The van der Waals surface area contributed by atoms with Gasteiger partial charge >= 0.3 is 0 Å². The standard InChI is InChI=1S/C25H27ClN4O2S/c1-3-29-10-12-30(13-11-29)22-9-7-19(15-17(22)2)27-24(31)18-6-8-20(26)21(16-18)28-25(32)23-5-4-14-33-23/h4-9,14-16H,3,10-13H2,1-2H3,(H,27,31)(H,28,32). The van der Waals surface area contributed by atoms with Crippen LogP contribution in [0, 0.1) is 6.92 Å². The van der Waals surface area contributed by atoms with Crippen molar-refractivity contribution in [2.45, 2.75) is 13.8 Å². The van der Waals surface area contributed by atoms with Crippen LogP contribution >= 0.6 is 22.9 Å². The summed E-state index contributed by atoms with van der Waals surface area (Å²) in [7, 11) is 0. The summed E-state index contributed by atoms with van der Waals surface area (Å²) < 4.78 is 0. The number of hydrogen-bond acceptors (Lipinski definition) is 5. The Labute approximate surface area is 203 Å². The third kappa shape index (κ3) is 5.55. The van der Waals surface area contributed by atoms with E-state index in [1.54, 1.807) is 24.3 Å². The van der Waals surface area contributed by atoms with Gasteiger partial charge in [-0.15, -0.1) is 11.3 Å². The zero-order valence-corrected chi connectivity index (χ0v) is 20.3. The molecule has 0 spiro atoms. The molecular weight excluding hydrogens is 456 g/mol. The van der Waals surface area contributed by atoms with E-state index >= 15 is 0 Å². The van der Waals surface area contributed by atoms with Crippen LogP contribution in [0.3, 0.4) is 0 Å². The van der Waals surface area contributed by atoms with Crippen molar-refractivity contribution in [1.29, 1.82) is 0 Å². The summed E-state index contributed by atoms with van der Waals surface area (Å²) in [5.41, 5.74) is 3.87. The zero-order chi connectivity index (χ0) is 23.4. The van der Waals surface area contributed by atoms with Crippen LogP contribution in [0.15, 0.2) is 53.9 Å². The lowest BCUT2D eigenvalue weighted by atomic mass is 10.1. The van der Waals surface area contributed by atoms with Crippen LogP contribution in [0.25, 0.3) is 0 Å². The topological polar surface area (TPSA) is 64.7 Å². The highest BCUT2D eigenvalue weighted by Crippen LogP contribution is 2.27. The minimum Gasteiger partial charge on any atom is -0.369 e. The van der Waals surface area contributed by atoms with Crippen LogP contribution in [0.4, 0.5) is 17.1 Å². The predicted octanol–water partition coefficient (Wildman–Crippen LogP) is 5.36. The fourth-order valence-corrected chi connectivity index (χ4v) is 4.73. The van der Waals surface area contributed by atoms with E-state index in [9.17, 15) is 9.59 Å². The molecule has 1 saturated heterocycles. The highest BCUT2D eigenvalue weighted by molar-refractivity contribution is 7.12. The van der Waals surface area contributed by atoms with Gasteiger partial charge in [0.15, 0.2) is 0 Å². The van der Waals surface area contributed by atoms with E-state index in [0.717, 1.165) is 44.0 Å². The van der Waals surface area contributed by atoms with Crippen LogP contribution < -0.4 is 15.5 Å². The number of halogens is 1. The van der Waals surface area contributed by atoms with Gasteiger partial charge in [0.2, 0.25) is 0 Å². The average molecular weight is 483 g/mol. The quantitative estimate of drug-likeness (QED) is 0.496. The summed E-state index contributed by atoms with van der Waals surface area (Å²) in [6, 6.07) is 14.4. The van der Waals surface area contributed by atoms with Crippen molar-refractivity contribution >= 4 is 51.8 Å². The van der Waals surface area contributed by atoms with E-state index in [0.29, 0.717) is 21.2 Å². The normalized spacial score (nSPS) is 14.2. The van der Waals surface area contributed by atoms with Gasteiger partial charge in [0, 0.05) is 43.1 Å². The second-order valence-electron chi connectivity index (χ2n) is 8.00. The van der Waals surface area contributed by atoms with Crippen molar-refractivity contribution in [2.75, 3.05) is 48.3 Å². The maximum absolute atomic E-state index is 12.9. The molecular formula is C25H27ClN4O2S. The monoisotopic (exact) mass is 482 g/mol. The Bertz CT molecular complexity index is 1140. The molecule has 6 nitrogen and oxygen atoms in total. The number of rotatable bonds is 6. The van der Waals surface area contributed by atoms with Crippen molar-refractivity contribution in [3.05, 3.63) is 74.9 Å². The number of anilines is 3. The first-order chi connectivity index (χ1) is 15.9. The van der Waals surface area contributed by atoms with Crippen LogP contribution in [0.5, 0.6) is 0 Å². The van der Waals surface area contributed by atoms with Crippen molar-refractivity contribution in [2.24, 2.45) is 0 Å². The molecule has 1 fully saturated rings. The van der Waals surface area contributed by atoms with Crippen LogP contribution in [0.2, 0.25) is 5.02 Å². The minimum absolute atomic E-state index is 0.254. The van der Waals surface area contributed by atoms with Crippen LogP contribution in [-0.4, -0.2) is 49.4 Å². The van der Waals surface area contributed by atoms with Crippen LogP contribution in [0.1, 0.15) is 32.5 Å². The van der Waals surface area contributed by atoms with Crippen molar-refractivity contribution in [1.82, 2.24) is 4.90 Å². The molecule has 8 heteroatoms. The van der Waals surface area contributed by atoms with Gasteiger partial charge in [0.25, 0.3) is 11.8 Å². The first-order valence-electron chi connectivity index (χ1n) is 11.0. The lowest BCUT2D eigenvalue weighted by Gasteiger charge is -2.36. The highest BCUT2D eigenvalue weighted by Gasteiger charge is 2.18. The minimum atomic E-state index is -0.262. The summed E-state index contributed by atoms with van der Waals surface area (Å²) in [4.78, 5) is 30.7. The van der Waals surface area contributed by atoms with Gasteiger partial charge in [-0.3, -0.25) is 9.59 Å². The van der Waals surface area contributed by atoms with E-state index in [1.807, 2.05) is 23.6 Å². The maximum Gasteiger partial charge on any atom is 0.265 e. The molecule has 1 aliphatic heterocycles. The summed E-state index contributed by atoms with van der Waals surface area (Å²) in [5, 5.41) is 7.94. The van der Waals surface area contributed by atoms with E-state index in [2.05, 4.69) is 40.3 Å². The molecule has 3 aromatic rings. The van der Waals surface area contributed by atoms with Gasteiger partial charge in [-0.05, 0) is 66.9 Å². The van der Waals surface area contributed by atoms with Gasteiger partial charge < -0.3 is 20.4 Å². The largest absolute Gasteiger partial charge is 0.369 e. The van der Waals surface area contributed by atoms with E-state index in [1.165, 1.54) is 17.0 Å². The summed E-state index contributed by atoms with van der Waals surface area (Å²) >= 11 is 7.59. The van der Waals surface area contributed by atoms with Gasteiger partial charge in [-0.1, -0.05) is 24.6 Å². The predicted molar refractivity (Wildman–Crippen MR) is 137 cm³/mol. The van der Waals surface area contributed by atoms with Gasteiger partial charge in [0.05, 0.1) is 15.6 Å². The molecule has 2 N–H and O–H groups in total. The fraction of sp³-hybridized carbons (Fsp3) is 0.280. The first-order valence-corrected chi connectivity index (χ1v) is 12.2. The molecule has 33 heavy (non-hydrogen) atoms. The number of likely N-dealkylation sites (N-methyl/N-ethyl adjacent to an activating group) is 1. The smallest absolute Gasteiger partial charge is 0.265 e. The molecule has 0 atom stereocenters. The Hall–Kier alpha value is -2.87. The summed E-state index contributed by atoms with van der Waals surface area (Å²) in [6.45, 7) is 9.49. The number of amides is 2. The molecule has 172 valence electrons. The number of thiophene rings is 1. The molecule has 2 heterocycles. The number of nitrogens with one attached hydrogen (secondary N) is 2. The molecule has 0 radical (unpaired) electrons. The van der Waals surface area contributed by atoms with Gasteiger partial charge in [-0.2, -0.15) is 0 Å². The van der Waals surface area contributed by atoms with Gasteiger partial charge in [0.1, 0.15) is 0 Å². The molecule has 0 saturated carbocycles. The van der Waals surface area contributed by atoms with E-state index < -0.39 is 0 Å². The molecule has 0 bridgehead atoms. The number of piperazine rings is 1. The number of hydrogen-bond donors (Lipinski definition) is 2.